The van der Waals surface area contributed by atoms with Gasteiger partial charge in [-0.3, -0.25) is 0 Å². The summed E-state index contributed by atoms with van der Waals surface area (Å²) >= 11 is 0. The Hall–Kier alpha value is -0.560. The molecular weight excluding hydrogens is 196 g/mol. The van der Waals surface area contributed by atoms with E-state index in [1.54, 1.807) is 0 Å². The summed E-state index contributed by atoms with van der Waals surface area (Å²) in [5.41, 5.74) is 2.08. The molecule has 0 aromatic rings. The van der Waals surface area contributed by atoms with Gasteiger partial charge in [0.15, 0.2) is 0 Å². The van der Waals surface area contributed by atoms with Crippen molar-refractivity contribution in [2.24, 2.45) is 23.7 Å². The normalized spacial score (nSPS) is 34.1. The van der Waals surface area contributed by atoms with Crippen molar-refractivity contribution in [2.75, 3.05) is 0 Å². The molecule has 0 unspecified atom stereocenters. The molecule has 0 spiro atoms. The first kappa shape index (κ1) is 11.9. The van der Waals surface area contributed by atoms with E-state index in [1.165, 1.54) is 17.6 Å². The van der Waals surface area contributed by atoms with E-state index < -0.39 is 5.60 Å². The van der Waals surface area contributed by atoms with Crippen molar-refractivity contribution >= 4 is 0 Å². The second-order valence-electron chi connectivity index (χ2n) is 6.37. The van der Waals surface area contributed by atoms with Gasteiger partial charge < -0.3 is 5.11 Å². The topological polar surface area (TPSA) is 20.2 Å². The first-order valence-corrected chi connectivity index (χ1v) is 6.43. The summed E-state index contributed by atoms with van der Waals surface area (Å²) in [6.45, 7) is 10.7. The van der Waals surface area contributed by atoms with Crippen LogP contribution in [-0.4, -0.2) is 10.7 Å². The van der Waals surface area contributed by atoms with Crippen LogP contribution in [-0.2, 0) is 0 Å². The lowest BCUT2D eigenvalue weighted by Gasteiger charge is -2.45. The number of allylic oxidation sites excluding steroid dienone is 3. The van der Waals surface area contributed by atoms with Crippen molar-refractivity contribution < 1.29 is 5.11 Å². The van der Waals surface area contributed by atoms with E-state index in [-0.39, 0.29) is 0 Å². The molecule has 1 nitrogen and oxygen atoms in total. The summed E-state index contributed by atoms with van der Waals surface area (Å²) < 4.78 is 0. The number of rotatable bonds is 2. The molecule has 2 bridgehead atoms. The van der Waals surface area contributed by atoms with Crippen LogP contribution in [0.3, 0.4) is 0 Å². The predicted octanol–water partition coefficient (Wildman–Crippen LogP) is 3.55. The Morgan fingerprint density at radius 3 is 2.38 bits per heavy atom. The number of hydrogen-bond acceptors (Lipinski definition) is 1. The third-order valence-corrected chi connectivity index (χ3v) is 4.32. The van der Waals surface area contributed by atoms with Crippen molar-refractivity contribution in [3.8, 4) is 0 Å². The van der Waals surface area contributed by atoms with Crippen molar-refractivity contribution in [3.05, 3.63) is 23.3 Å². The minimum Gasteiger partial charge on any atom is -0.386 e. The maximum Gasteiger partial charge on any atom is 0.0806 e. The van der Waals surface area contributed by atoms with Crippen LogP contribution >= 0.6 is 0 Å². The lowest BCUT2D eigenvalue weighted by molar-refractivity contribution is 0.0903. The first-order valence-electron chi connectivity index (χ1n) is 6.43. The Balaban J connectivity index is 2.36. The zero-order valence-corrected chi connectivity index (χ0v) is 11.1. The summed E-state index contributed by atoms with van der Waals surface area (Å²) in [5, 5.41) is 10.3. The highest BCUT2D eigenvalue weighted by Crippen LogP contribution is 2.49. The molecule has 3 aliphatic carbocycles. The van der Waals surface area contributed by atoms with Crippen molar-refractivity contribution in [1.82, 2.24) is 0 Å². The molecule has 3 rings (SSSR count). The van der Waals surface area contributed by atoms with E-state index in [4.69, 9.17) is 0 Å². The molecule has 0 aliphatic heterocycles. The van der Waals surface area contributed by atoms with Gasteiger partial charge in [0.05, 0.1) is 5.60 Å². The Morgan fingerprint density at radius 1 is 1.31 bits per heavy atom. The predicted molar refractivity (Wildman–Crippen MR) is 68.1 cm³/mol. The summed E-state index contributed by atoms with van der Waals surface area (Å²) in [7, 11) is 0. The molecule has 0 saturated heterocycles. The molecule has 1 heteroatoms. The SMILES string of the molecule is CC1=C[C@H]2C(C(C)(C)O)=C[C@@H]1C[C@H]2C(C)C. The monoisotopic (exact) mass is 220 g/mol. The van der Waals surface area contributed by atoms with Crippen molar-refractivity contribution in [3.63, 3.8) is 0 Å². The Labute approximate surface area is 99.3 Å². The number of aliphatic hydroxyl groups is 1. The van der Waals surface area contributed by atoms with Gasteiger partial charge in [-0.05, 0) is 50.5 Å². The molecule has 1 N–H and O–H groups in total. The standard InChI is InChI=1S/C15H24O/c1-9(2)12-7-11-8-14(15(4,5)16)13(12)6-10(11)3/h6,8-9,11-13,16H,7H2,1-5H3/t11-,12-,13+/m0/s1. The number of fused-ring (bicyclic) bond motifs is 1. The lowest BCUT2D eigenvalue weighted by Crippen LogP contribution is -2.39. The zero-order valence-electron chi connectivity index (χ0n) is 11.1. The van der Waals surface area contributed by atoms with Crippen molar-refractivity contribution in [2.45, 2.75) is 46.6 Å². The second kappa shape index (κ2) is 3.73. The molecule has 3 aliphatic rings. The average Bonchev–Trinajstić information content (AvgIpc) is 2.15. The maximum atomic E-state index is 10.3. The highest BCUT2D eigenvalue weighted by Gasteiger charge is 2.41. The van der Waals surface area contributed by atoms with Gasteiger partial charge in [0, 0.05) is 5.92 Å². The largest absolute Gasteiger partial charge is 0.386 e. The molecule has 0 heterocycles. The van der Waals surface area contributed by atoms with Crippen LogP contribution in [0.25, 0.3) is 0 Å². The molecule has 3 atom stereocenters. The van der Waals surface area contributed by atoms with Crippen LogP contribution in [0.15, 0.2) is 23.3 Å². The third kappa shape index (κ3) is 1.86. The summed E-state index contributed by atoms with van der Waals surface area (Å²) in [6.07, 6.45) is 5.98. The Kier molecular flexibility index (Phi) is 2.78. The zero-order chi connectivity index (χ0) is 12.1. The molecule has 0 aromatic carbocycles. The fourth-order valence-electron chi connectivity index (χ4n) is 3.30. The summed E-state index contributed by atoms with van der Waals surface area (Å²) in [5.74, 6) is 2.44. The smallest absolute Gasteiger partial charge is 0.0806 e. The minimum absolute atomic E-state index is 0.463. The quantitative estimate of drug-likeness (QED) is 0.706. The van der Waals surface area contributed by atoms with Gasteiger partial charge in [0.25, 0.3) is 0 Å². The fourth-order valence-corrected chi connectivity index (χ4v) is 3.30. The third-order valence-electron chi connectivity index (χ3n) is 4.32. The first-order chi connectivity index (χ1) is 7.30. The van der Waals surface area contributed by atoms with Gasteiger partial charge in [0.2, 0.25) is 0 Å². The van der Waals surface area contributed by atoms with Crippen LogP contribution in [0.4, 0.5) is 0 Å². The minimum atomic E-state index is -0.659. The number of hydrogen-bond donors (Lipinski definition) is 1. The molecule has 16 heavy (non-hydrogen) atoms. The second-order valence-corrected chi connectivity index (χ2v) is 6.37. The van der Waals surface area contributed by atoms with Crippen LogP contribution in [0.1, 0.15) is 41.0 Å². The lowest BCUT2D eigenvalue weighted by atomic mass is 9.61. The van der Waals surface area contributed by atoms with Gasteiger partial charge in [-0.1, -0.05) is 31.6 Å². The van der Waals surface area contributed by atoms with Gasteiger partial charge in [-0.2, -0.15) is 0 Å². The van der Waals surface area contributed by atoms with Gasteiger partial charge in [-0.15, -0.1) is 0 Å². The van der Waals surface area contributed by atoms with Gasteiger partial charge in [-0.25, -0.2) is 0 Å². The van der Waals surface area contributed by atoms with E-state index >= 15 is 0 Å². The molecule has 0 amide bonds. The fraction of sp³-hybridized carbons (Fsp3) is 0.733. The average molecular weight is 220 g/mol. The van der Waals surface area contributed by atoms with Crippen LogP contribution in [0.5, 0.6) is 0 Å². The molecule has 0 fully saturated rings. The summed E-state index contributed by atoms with van der Waals surface area (Å²) in [4.78, 5) is 0. The van der Waals surface area contributed by atoms with Crippen molar-refractivity contribution in [1.29, 1.82) is 0 Å². The van der Waals surface area contributed by atoms with E-state index in [0.717, 1.165) is 0 Å². The van der Waals surface area contributed by atoms with E-state index in [2.05, 4.69) is 32.9 Å². The maximum absolute atomic E-state index is 10.3. The van der Waals surface area contributed by atoms with Gasteiger partial charge in [0.1, 0.15) is 0 Å². The molecule has 0 saturated carbocycles. The molecule has 0 aromatic heterocycles. The van der Waals surface area contributed by atoms with E-state index in [1.807, 2.05) is 13.8 Å². The van der Waals surface area contributed by atoms with E-state index in [9.17, 15) is 5.11 Å². The van der Waals surface area contributed by atoms with Gasteiger partial charge >= 0.3 is 0 Å². The highest BCUT2D eigenvalue weighted by atomic mass is 16.3. The Bertz CT molecular complexity index is 341. The molecule has 90 valence electrons. The summed E-state index contributed by atoms with van der Waals surface area (Å²) in [6, 6.07) is 0. The van der Waals surface area contributed by atoms with E-state index in [0.29, 0.717) is 23.7 Å². The van der Waals surface area contributed by atoms with Crippen LogP contribution in [0.2, 0.25) is 0 Å². The highest BCUT2D eigenvalue weighted by molar-refractivity contribution is 5.36. The van der Waals surface area contributed by atoms with Crippen LogP contribution in [0, 0.1) is 23.7 Å². The molecular formula is C15H24O. The molecule has 0 radical (unpaired) electrons. The Morgan fingerprint density at radius 2 is 1.94 bits per heavy atom. The van der Waals surface area contributed by atoms with Crippen LogP contribution < -0.4 is 0 Å².